The molecule has 1 saturated heterocycles. The molecule has 0 unspecified atom stereocenters. The van der Waals surface area contributed by atoms with E-state index < -0.39 is 0 Å². The van der Waals surface area contributed by atoms with Crippen molar-refractivity contribution in [3.8, 4) is 0 Å². The third-order valence-corrected chi connectivity index (χ3v) is 2.64. The molecular formula is C10H18ClNO. The maximum atomic E-state index is 5.55. The molecule has 1 fully saturated rings. The molecule has 0 aliphatic carbocycles. The van der Waals surface area contributed by atoms with E-state index in [0.29, 0.717) is 11.9 Å². The Hall–Kier alpha value is -0.0500. The molecule has 0 N–H and O–H groups in total. The smallest absolute Gasteiger partial charge is 0.0480 e. The summed E-state index contributed by atoms with van der Waals surface area (Å²) in [4.78, 5) is 2.37. The molecule has 1 rings (SSSR count). The van der Waals surface area contributed by atoms with E-state index in [1.807, 2.05) is 6.08 Å². The van der Waals surface area contributed by atoms with Gasteiger partial charge >= 0.3 is 0 Å². The summed E-state index contributed by atoms with van der Waals surface area (Å²) in [5, 5.41) is 0. The highest BCUT2D eigenvalue weighted by Gasteiger charge is 2.16. The van der Waals surface area contributed by atoms with Crippen LogP contribution in [0.2, 0.25) is 0 Å². The summed E-state index contributed by atoms with van der Waals surface area (Å²) in [7, 11) is 2.16. The van der Waals surface area contributed by atoms with E-state index in [0.717, 1.165) is 32.6 Å². The molecule has 0 amide bonds. The third kappa shape index (κ3) is 4.12. The van der Waals surface area contributed by atoms with Crippen molar-refractivity contribution in [1.29, 1.82) is 0 Å². The molecule has 1 aliphatic rings. The molecule has 0 aromatic carbocycles. The fourth-order valence-corrected chi connectivity index (χ4v) is 1.70. The first kappa shape index (κ1) is 11.0. The SMILES string of the molecule is CN(CC=CCCl)C1CCOCC1. The number of alkyl halides is 1. The van der Waals surface area contributed by atoms with Gasteiger partial charge in [-0.1, -0.05) is 12.2 Å². The highest BCUT2D eigenvalue weighted by molar-refractivity contribution is 6.18. The lowest BCUT2D eigenvalue weighted by Crippen LogP contribution is -2.36. The number of halogens is 1. The predicted molar refractivity (Wildman–Crippen MR) is 56.3 cm³/mol. The summed E-state index contributed by atoms with van der Waals surface area (Å²) >= 11 is 5.55. The molecule has 0 saturated carbocycles. The second kappa shape index (κ2) is 6.41. The lowest BCUT2D eigenvalue weighted by atomic mass is 10.1. The Labute approximate surface area is 85.5 Å². The normalized spacial score (nSPS) is 20.2. The quantitative estimate of drug-likeness (QED) is 0.511. The number of nitrogens with zero attached hydrogens (tertiary/aromatic N) is 1. The molecule has 13 heavy (non-hydrogen) atoms. The van der Waals surface area contributed by atoms with E-state index in [4.69, 9.17) is 16.3 Å². The summed E-state index contributed by atoms with van der Waals surface area (Å²) < 4.78 is 5.31. The second-order valence-corrected chi connectivity index (χ2v) is 3.72. The van der Waals surface area contributed by atoms with Crippen LogP contribution in [0, 0.1) is 0 Å². The second-order valence-electron chi connectivity index (χ2n) is 3.41. The van der Waals surface area contributed by atoms with Gasteiger partial charge in [-0.05, 0) is 19.9 Å². The van der Waals surface area contributed by atoms with Crippen molar-refractivity contribution >= 4 is 11.6 Å². The highest BCUT2D eigenvalue weighted by atomic mass is 35.5. The third-order valence-electron chi connectivity index (χ3n) is 2.46. The largest absolute Gasteiger partial charge is 0.381 e. The van der Waals surface area contributed by atoms with Crippen molar-refractivity contribution in [1.82, 2.24) is 4.90 Å². The molecular weight excluding hydrogens is 186 g/mol. The van der Waals surface area contributed by atoms with Crippen molar-refractivity contribution in [3.63, 3.8) is 0 Å². The molecule has 0 aromatic rings. The van der Waals surface area contributed by atoms with Gasteiger partial charge in [0.15, 0.2) is 0 Å². The van der Waals surface area contributed by atoms with Crippen LogP contribution in [0.4, 0.5) is 0 Å². The fourth-order valence-electron chi connectivity index (χ4n) is 1.58. The average molecular weight is 204 g/mol. The van der Waals surface area contributed by atoms with Crippen LogP contribution >= 0.6 is 11.6 Å². The fraction of sp³-hybridized carbons (Fsp3) is 0.800. The Morgan fingerprint density at radius 2 is 2.08 bits per heavy atom. The van der Waals surface area contributed by atoms with E-state index in [-0.39, 0.29) is 0 Å². The van der Waals surface area contributed by atoms with Gasteiger partial charge in [-0.15, -0.1) is 11.6 Å². The van der Waals surface area contributed by atoms with Gasteiger partial charge in [0.25, 0.3) is 0 Å². The monoisotopic (exact) mass is 203 g/mol. The van der Waals surface area contributed by atoms with Crippen molar-refractivity contribution in [2.75, 3.05) is 32.7 Å². The van der Waals surface area contributed by atoms with Crippen molar-refractivity contribution < 1.29 is 4.74 Å². The molecule has 0 bridgehead atoms. The Kier molecular flexibility index (Phi) is 5.44. The molecule has 2 nitrogen and oxygen atoms in total. The van der Waals surface area contributed by atoms with E-state index in [1.54, 1.807) is 0 Å². The van der Waals surface area contributed by atoms with E-state index in [2.05, 4.69) is 18.0 Å². The van der Waals surface area contributed by atoms with Gasteiger partial charge in [0.2, 0.25) is 0 Å². The topological polar surface area (TPSA) is 12.5 Å². The molecule has 0 spiro atoms. The first-order chi connectivity index (χ1) is 6.34. The molecule has 0 atom stereocenters. The van der Waals surface area contributed by atoms with Crippen LogP contribution < -0.4 is 0 Å². The van der Waals surface area contributed by atoms with Crippen molar-refractivity contribution in [2.45, 2.75) is 18.9 Å². The van der Waals surface area contributed by atoms with E-state index in [9.17, 15) is 0 Å². The van der Waals surface area contributed by atoms with E-state index in [1.165, 1.54) is 0 Å². The van der Waals surface area contributed by atoms with Crippen molar-refractivity contribution in [3.05, 3.63) is 12.2 Å². The number of allylic oxidation sites excluding steroid dienone is 1. The Bertz CT molecular complexity index is 155. The van der Waals surface area contributed by atoms with Crippen LogP contribution in [0.5, 0.6) is 0 Å². The lowest BCUT2D eigenvalue weighted by Gasteiger charge is -2.30. The van der Waals surface area contributed by atoms with Gasteiger partial charge in [-0.25, -0.2) is 0 Å². The minimum atomic E-state index is 0.613. The number of likely N-dealkylation sites (N-methyl/N-ethyl adjacent to an activating group) is 1. The number of hydrogen-bond donors (Lipinski definition) is 0. The highest BCUT2D eigenvalue weighted by Crippen LogP contribution is 2.12. The number of ether oxygens (including phenoxy) is 1. The Morgan fingerprint density at radius 1 is 1.38 bits per heavy atom. The van der Waals surface area contributed by atoms with Crippen LogP contribution in [0.15, 0.2) is 12.2 Å². The standard InChI is InChI=1S/C10H18ClNO/c1-12(7-3-2-6-11)10-4-8-13-9-5-10/h2-3,10H,4-9H2,1H3. The van der Waals surface area contributed by atoms with Gasteiger partial charge in [0.1, 0.15) is 0 Å². The molecule has 1 aliphatic heterocycles. The summed E-state index contributed by atoms with van der Waals surface area (Å²) in [5.74, 6) is 0.613. The van der Waals surface area contributed by atoms with Crippen LogP contribution in [0.25, 0.3) is 0 Å². The van der Waals surface area contributed by atoms with E-state index >= 15 is 0 Å². The Morgan fingerprint density at radius 3 is 2.69 bits per heavy atom. The zero-order valence-corrected chi connectivity index (χ0v) is 8.96. The lowest BCUT2D eigenvalue weighted by molar-refractivity contribution is 0.0465. The minimum Gasteiger partial charge on any atom is -0.381 e. The summed E-state index contributed by atoms with van der Waals surface area (Å²) in [5.41, 5.74) is 0. The summed E-state index contributed by atoms with van der Waals surface area (Å²) in [6, 6.07) is 0.689. The molecule has 0 aromatic heterocycles. The first-order valence-electron chi connectivity index (χ1n) is 4.83. The number of hydrogen-bond acceptors (Lipinski definition) is 2. The summed E-state index contributed by atoms with van der Waals surface area (Å²) in [6.07, 6.45) is 6.44. The molecule has 1 heterocycles. The average Bonchev–Trinajstić information content (AvgIpc) is 2.19. The van der Waals surface area contributed by atoms with Crippen LogP contribution in [0.1, 0.15) is 12.8 Å². The van der Waals surface area contributed by atoms with Crippen LogP contribution in [-0.4, -0.2) is 43.6 Å². The first-order valence-corrected chi connectivity index (χ1v) is 5.37. The summed E-state index contributed by atoms with van der Waals surface area (Å²) in [6.45, 7) is 2.82. The van der Waals surface area contributed by atoms with Gasteiger partial charge in [0.05, 0.1) is 0 Å². The minimum absolute atomic E-state index is 0.613. The maximum Gasteiger partial charge on any atom is 0.0480 e. The number of rotatable bonds is 4. The predicted octanol–water partition coefficient (Wildman–Crippen LogP) is 1.89. The van der Waals surface area contributed by atoms with Crippen LogP contribution in [-0.2, 0) is 4.74 Å². The zero-order chi connectivity index (χ0) is 9.52. The van der Waals surface area contributed by atoms with Crippen molar-refractivity contribution in [2.24, 2.45) is 0 Å². The van der Waals surface area contributed by atoms with Gasteiger partial charge < -0.3 is 4.74 Å². The van der Waals surface area contributed by atoms with Gasteiger partial charge in [0, 0.05) is 31.7 Å². The van der Waals surface area contributed by atoms with Gasteiger partial charge in [-0.3, -0.25) is 4.90 Å². The molecule has 3 heteroatoms. The molecule has 0 radical (unpaired) electrons. The zero-order valence-electron chi connectivity index (χ0n) is 8.21. The van der Waals surface area contributed by atoms with Gasteiger partial charge in [-0.2, -0.15) is 0 Å². The molecule has 76 valence electrons. The Balaban J connectivity index is 2.20. The van der Waals surface area contributed by atoms with Crippen LogP contribution in [0.3, 0.4) is 0 Å². The maximum absolute atomic E-state index is 5.55.